The van der Waals surface area contributed by atoms with Crippen molar-refractivity contribution in [2.24, 2.45) is 5.73 Å². The van der Waals surface area contributed by atoms with Crippen LogP contribution in [-0.4, -0.2) is 59.0 Å². The molecule has 3 rings (SSSR count). The van der Waals surface area contributed by atoms with Crippen molar-refractivity contribution in [1.29, 1.82) is 0 Å². The maximum atomic E-state index is 12.7. The number of carbonyl (C=O) groups is 2. The van der Waals surface area contributed by atoms with E-state index in [0.717, 1.165) is 24.2 Å². The van der Waals surface area contributed by atoms with Crippen LogP contribution in [0, 0.1) is 13.8 Å². The van der Waals surface area contributed by atoms with Gasteiger partial charge in [-0.05, 0) is 25.8 Å². The highest BCUT2D eigenvalue weighted by molar-refractivity contribution is 5.83. The summed E-state index contributed by atoms with van der Waals surface area (Å²) in [5, 5.41) is 3.89. The van der Waals surface area contributed by atoms with Crippen LogP contribution in [0.25, 0.3) is 0 Å². The molecule has 0 bridgehead atoms. The molecule has 1 aliphatic heterocycles. The minimum absolute atomic E-state index is 0.0293. The van der Waals surface area contributed by atoms with Crippen LogP contribution in [0.3, 0.4) is 0 Å². The molecule has 1 aliphatic rings. The summed E-state index contributed by atoms with van der Waals surface area (Å²) < 4.78 is 5.13. The summed E-state index contributed by atoms with van der Waals surface area (Å²) in [6, 6.07) is 9.68. The molecule has 2 N–H and O–H groups in total. The Bertz CT molecular complexity index is 783. The van der Waals surface area contributed by atoms with Gasteiger partial charge in [0.25, 0.3) is 0 Å². The molecule has 1 aromatic heterocycles. The van der Waals surface area contributed by atoms with Crippen LogP contribution >= 0.6 is 0 Å². The summed E-state index contributed by atoms with van der Waals surface area (Å²) in [6.45, 7) is 5.91. The van der Waals surface area contributed by atoms with Crippen molar-refractivity contribution in [1.82, 2.24) is 15.0 Å². The molecule has 1 atom stereocenters. The maximum Gasteiger partial charge on any atom is 0.236 e. The van der Waals surface area contributed by atoms with Crippen LogP contribution in [-0.2, 0) is 22.4 Å². The smallest absolute Gasteiger partial charge is 0.236 e. The Kier molecular flexibility index (Phi) is 5.91. The third-order valence-electron chi connectivity index (χ3n) is 5.21. The Balaban J connectivity index is 1.61. The molecule has 0 aliphatic carbocycles. The number of aryl methyl sites for hydroxylation is 2. The van der Waals surface area contributed by atoms with E-state index in [2.05, 4.69) is 22.2 Å². The topological polar surface area (TPSA) is 92.7 Å². The largest absolute Gasteiger partial charge is 0.368 e. The molecule has 7 nitrogen and oxygen atoms in total. The molecule has 1 fully saturated rings. The first-order valence-corrected chi connectivity index (χ1v) is 9.22. The van der Waals surface area contributed by atoms with Gasteiger partial charge in [-0.2, -0.15) is 0 Å². The van der Waals surface area contributed by atoms with Crippen molar-refractivity contribution < 1.29 is 14.1 Å². The van der Waals surface area contributed by atoms with Crippen LogP contribution in [0.4, 0.5) is 0 Å². The first kappa shape index (κ1) is 19.1. The number of carbonyl (C=O) groups excluding carboxylic acids is 2. The van der Waals surface area contributed by atoms with Crippen LogP contribution in [0.1, 0.15) is 22.6 Å². The Morgan fingerprint density at radius 1 is 1.22 bits per heavy atom. The second-order valence-electron chi connectivity index (χ2n) is 7.01. The normalized spacial score (nSPS) is 17.9. The SMILES string of the molecule is Cc1noc(C)c1CC(=O)N1CCN(CCc2ccccc2)[C@H](C(N)=O)C1. The number of hydrogen-bond donors (Lipinski definition) is 1. The molecule has 0 radical (unpaired) electrons. The third kappa shape index (κ3) is 4.54. The van der Waals surface area contributed by atoms with Crippen molar-refractivity contribution >= 4 is 11.8 Å². The number of hydrogen-bond acceptors (Lipinski definition) is 5. The lowest BCUT2D eigenvalue weighted by atomic mass is 10.1. The van der Waals surface area contributed by atoms with Gasteiger partial charge in [-0.3, -0.25) is 14.5 Å². The van der Waals surface area contributed by atoms with Crippen LogP contribution in [0.5, 0.6) is 0 Å². The van der Waals surface area contributed by atoms with Gasteiger partial charge in [0.2, 0.25) is 11.8 Å². The molecule has 7 heteroatoms. The summed E-state index contributed by atoms with van der Waals surface area (Å²) >= 11 is 0. The summed E-state index contributed by atoms with van der Waals surface area (Å²) in [5.41, 5.74) is 8.40. The fraction of sp³-hybridized carbons (Fsp3) is 0.450. The minimum Gasteiger partial charge on any atom is -0.368 e. The monoisotopic (exact) mass is 370 g/mol. The average molecular weight is 370 g/mol. The van der Waals surface area contributed by atoms with Crippen LogP contribution in [0.2, 0.25) is 0 Å². The van der Waals surface area contributed by atoms with Gasteiger partial charge < -0.3 is 15.2 Å². The zero-order valence-electron chi connectivity index (χ0n) is 15.9. The maximum absolute atomic E-state index is 12.7. The highest BCUT2D eigenvalue weighted by Gasteiger charge is 2.33. The quantitative estimate of drug-likeness (QED) is 0.821. The number of primary amides is 1. The number of amides is 2. The minimum atomic E-state index is -0.462. The van der Waals surface area contributed by atoms with E-state index in [1.165, 1.54) is 5.56 Å². The number of rotatable bonds is 6. The van der Waals surface area contributed by atoms with Crippen molar-refractivity contribution in [3.63, 3.8) is 0 Å². The van der Waals surface area contributed by atoms with Crippen molar-refractivity contribution in [2.45, 2.75) is 32.7 Å². The van der Waals surface area contributed by atoms with E-state index in [1.54, 1.807) is 11.8 Å². The molecule has 27 heavy (non-hydrogen) atoms. The highest BCUT2D eigenvalue weighted by Crippen LogP contribution is 2.17. The standard InChI is InChI=1S/C20H26N4O3/c1-14-17(15(2)27-22-14)12-19(25)24-11-10-23(18(13-24)20(21)26)9-8-16-6-4-3-5-7-16/h3-7,18H,8-13H2,1-2H3,(H2,21,26)/t18-/m0/s1. The van der Waals surface area contributed by atoms with Crippen molar-refractivity contribution in [2.75, 3.05) is 26.2 Å². The predicted molar refractivity (Wildman–Crippen MR) is 101 cm³/mol. The average Bonchev–Trinajstić information content (AvgIpc) is 2.99. The summed E-state index contributed by atoms with van der Waals surface area (Å²) in [6.07, 6.45) is 1.08. The molecule has 1 saturated heterocycles. The highest BCUT2D eigenvalue weighted by atomic mass is 16.5. The van der Waals surface area contributed by atoms with E-state index in [9.17, 15) is 9.59 Å². The zero-order valence-corrected chi connectivity index (χ0v) is 15.9. The van der Waals surface area contributed by atoms with Gasteiger partial charge in [-0.1, -0.05) is 35.5 Å². The van der Waals surface area contributed by atoms with E-state index in [1.807, 2.05) is 25.1 Å². The van der Waals surface area contributed by atoms with E-state index in [4.69, 9.17) is 10.3 Å². The van der Waals surface area contributed by atoms with Crippen LogP contribution in [0.15, 0.2) is 34.9 Å². The van der Waals surface area contributed by atoms with E-state index < -0.39 is 11.9 Å². The van der Waals surface area contributed by atoms with Gasteiger partial charge in [0.1, 0.15) is 11.8 Å². The summed E-state index contributed by atoms with van der Waals surface area (Å²) in [7, 11) is 0. The van der Waals surface area contributed by atoms with E-state index in [0.29, 0.717) is 25.4 Å². The number of piperazine rings is 1. The first-order chi connectivity index (χ1) is 13.0. The summed E-state index contributed by atoms with van der Waals surface area (Å²) in [5.74, 6) is 0.241. The third-order valence-corrected chi connectivity index (χ3v) is 5.21. The molecule has 1 aromatic carbocycles. The predicted octanol–water partition coefficient (Wildman–Crippen LogP) is 1.07. The van der Waals surface area contributed by atoms with Gasteiger partial charge in [-0.15, -0.1) is 0 Å². The fourth-order valence-corrected chi connectivity index (χ4v) is 3.52. The first-order valence-electron chi connectivity index (χ1n) is 9.22. The van der Waals surface area contributed by atoms with Gasteiger partial charge in [0, 0.05) is 31.7 Å². The number of nitrogens with two attached hydrogens (primary N) is 1. The molecule has 0 spiro atoms. The van der Waals surface area contributed by atoms with Crippen molar-refractivity contribution in [3.8, 4) is 0 Å². The lowest BCUT2D eigenvalue weighted by Crippen LogP contribution is -2.59. The molecule has 0 unspecified atom stereocenters. The molecule has 2 heterocycles. The molecule has 144 valence electrons. The fourth-order valence-electron chi connectivity index (χ4n) is 3.52. The Morgan fingerprint density at radius 3 is 2.59 bits per heavy atom. The number of nitrogens with zero attached hydrogens (tertiary/aromatic N) is 3. The second kappa shape index (κ2) is 8.35. The van der Waals surface area contributed by atoms with Gasteiger partial charge in [0.05, 0.1) is 12.1 Å². The molecular formula is C20H26N4O3. The lowest BCUT2D eigenvalue weighted by molar-refractivity contribution is -0.136. The molecular weight excluding hydrogens is 344 g/mol. The molecule has 2 aromatic rings. The molecule has 2 amide bonds. The Hall–Kier alpha value is -2.67. The number of aromatic nitrogens is 1. The van der Waals surface area contributed by atoms with Gasteiger partial charge in [-0.25, -0.2) is 0 Å². The Labute approximate surface area is 159 Å². The van der Waals surface area contributed by atoms with E-state index >= 15 is 0 Å². The van der Waals surface area contributed by atoms with Crippen LogP contribution < -0.4 is 5.73 Å². The second-order valence-corrected chi connectivity index (χ2v) is 7.01. The van der Waals surface area contributed by atoms with Crippen molar-refractivity contribution in [3.05, 3.63) is 52.9 Å². The van der Waals surface area contributed by atoms with E-state index in [-0.39, 0.29) is 12.3 Å². The van der Waals surface area contributed by atoms with Gasteiger partial charge in [0.15, 0.2) is 0 Å². The number of benzene rings is 1. The zero-order chi connectivity index (χ0) is 19.4. The lowest BCUT2D eigenvalue weighted by Gasteiger charge is -2.40. The van der Waals surface area contributed by atoms with Gasteiger partial charge >= 0.3 is 0 Å². The molecule has 0 saturated carbocycles. The summed E-state index contributed by atoms with van der Waals surface area (Å²) in [4.78, 5) is 28.5. The Morgan fingerprint density at radius 2 is 1.96 bits per heavy atom.